The molecule has 3 fully saturated rings. The summed E-state index contributed by atoms with van der Waals surface area (Å²) in [5, 5.41) is 13.9. The Balaban J connectivity index is 1.66. The number of rotatable bonds is 5. The van der Waals surface area contributed by atoms with Gasteiger partial charge in [-0.1, -0.05) is 26.8 Å². The van der Waals surface area contributed by atoms with Crippen LogP contribution >= 0.6 is 0 Å². The van der Waals surface area contributed by atoms with E-state index >= 15 is 0 Å². The van der Waals surface area contributed by atoms with Crippen LogP contribution in [0.15, 0.2) is 22.2 Å². The van der Waals surface area contributed by atoms with Crippen LogP contribution in [0.1, 0.15) is 52.9 Å². The summed E-state index contributed by atoms with van der Waals surface area (Å²) in [4.78, 5) is 49.1. The second-order valence-corrected chi connectivity index (χ2v) is 10.6. The summed E-state index contributed by atoms with van der Waals surface area (Å²) in [7, 11) is 5.53. The van der Waals surface area contributed by atoms with Gasteiger partial charge in [-0.2, -0.15) is 0 Å². The highest BCUT2D eigenvalue weighted by atomic mass is 16.5. The second kappa shape index (κ2) is 8.22. The first-order chi connectivity index (χ1) is 15.5. The van der Waals surface area contributed by atoms with E-state index in [0.717, 1.165) is 19.3 Å². The van der Waals surface area contributed by atoms with Crippen molar-refractivity contribution in [3.63, 3.8) is 0 Å². The molecule has 3 saturated carbocycles. The van der Waals surface area contributed by atoms with Crippen LogP contribution in [0.3, 0.4) is 0 Å². The summed E-state index contributed by atoms with van der Waals surface area (Å²) in [5.74, 6) is -0.920. The van der Waals surface area contributed by atoms with Crippen LogP contribution in [0.4, 0.5) is 5.69 Å². The van der Waals surface area contributed by atoms with Gasteiger partial charge >= 0.3 is 5.97 Å². The fourth-order valence-electron chi connectivity index (χ4n) is 7.21. The van der Waals surface area contributed by atoms with E-state index in [-0.39, 0.29) is 52.6 Å². The molecule has 1 aromatic rings. The minimum absolute atomic E-state index is 0.0648. The summed E-state index contributed by atoms with van der Waals surface area (Å²) < 4.78 is 6.00. The van der Waals surface area contributed by atoms with Gasteiger partial charge in [-0.3, -0.25) is 19.2 Å². The fourth-order valence-corrected chi connectivity index (χ4v) is 7.21. The monoisotopic (exact) mass is 453 g/mol. The minimum Gasteiger partial charge on any atom is -0.460 e. The molecule has 2 bridgehead atoms. The van der Waals surface area contributed by atoms with Crippen LogP contribution in [0, 0.1) is 34.5 Å². The highest BCUT2D eigenvalue weighted by Crippen LogP contribution is 2.66. The van der Waals surface area contributed by atoms with Crippen molar-refractivity contribution in [3.05, 3.63) is 33.1 Å². The van der Waals surface area contributed by atoms with Gasteiger partial charge in [0, 0.05) is 23.7 Å². The summed E-state index contributed by atoms with van der Waals surface area (Å²) in [6.07, 6.45) is 3.78. The summed E-state index contributed by atoms with van der Waals surface area (Å²) >= 11 is 0. The molecule has 0 spiro atoms. The number of hydrogen-bond acceptors (Lipinski definition) is 7. The maximum Gasteiger partial charge on any atom is 0.325 e. The van der Waals surface area contributed by atoms with E-state index < -0.39 is 34.4 Å². The van der Waals surface area contributed by atoms with Crippen molar-refractivity contribution >= 4 is 30.7 Å². The summed E-state index contributed by atoms with van der Waals surface area (Å²) in [6.45, 7) is 9.82. The van der Waals surface area contributed by atoms with Crippen LogP contribution in [0.25, 0.3) is 0 Å². The van der Waals surface area contributed by atoms with Crippen LogP contribution in [0.5, 0.6) is 0 Å². The van der Waals surface area contributed by atoms with Crippen molar-refractivity contribution in [1.29, 1.82) is 0 Å². The first-order valence-electron chi connectivity index (χ1n) is 11.8. The van der Waals surface area contributed by atoms with E-state index in [1.165, 1.54) is 0 Å². The molecular weight excluding hydrogens is 421 g/mol. The third-order valence-corrected chi connectivity index (χ3v) is 9.43. The largest absolute Gasteiger partial charge is 0.460 e. The topological polar surface area (TPSA) is 110 Å². The van der Waals surface area contributed by atoms with Crippen LogP contribution in [-0.4, -0.2) is 43.5 Å². The van der Waals surface area contributed by atoms with Crippen LogP contribution < -0.4 is 21.6 Å². The molecule has 2 unspecified atom stereocenters. The zero-order valence-corrected chi connectivity index (χ0v) is 19.6. The Labute approximate surface area is 195 Å². The first kappa shape index (κ1) is 23.9. The number of esters is 1. The Hall–Kier alpha value is -2.22. The van der Waals surface area contributed by atoms with E-state index in [9.17, 15) is 24.3 Å². The molecule has 3 aliphatic rings. The number of anilines is 1. The van der Waals surface area contributed by atoms with Crippen molar-refractivity contribution in [1.82, 2.24) is 0 Å². The van der Waals surface area contributed by atoms with E-state index in [1.54, 1.807) is 6.08 Å². The molecule has 7 nitrogen and oxygen atoms in total. The molecule has 33 heavy (non-hydrogen) atoms. The number of ketones is 1. The van der Waals surface area contributed by atoms with Gasteiger partial charge in [-0.25, -0.2) is 0 Å². The molecule has 0 saturated heterocycles. The minimum atomic E-state index is -0.762. The van der Waals surface area contributed by atoms with E-state index in [4.69, 9.17) is 12.6 Å². The summed E-state index contributed by atoms with van der Waals surface area (Å²) in [5.41, 5.74) is -2.66. The number of aliphatic hydroxyl groups is 1. The second-order valence-electron chi connectivity index (χ2n) is 10.6. The lowest BCUT2D eigenvalue weighted by Gasteiger charge is -2.60. The number of nitrogens with one attached hydrogen (secondary N) is 1. The average molecular weight is 453 g/mol. The lowest BCUT2D eigenvalue weighted by Crippen LogP contribution is -2.61. The van der Waals surface area contributed by atoms with E-state index in [0.29, 0.717) is 12.8 Å². The molecule has 176 valence electrons. The van der Waals surface area contributed by atoms with Gasteiger partial charge in [0.2, 0.25) is 10.9 Å². The number of Topliss-reactive ketones (excluding diaryl/α,β-unsaturated/α-hetero) is 1. The van der Waals surface area contributed by atoms with Crippen LogP contribution in [-0.2, 0) is 14.3 Å². The molecule has 2 N–H and O–H groups in total. The molecule has 0 heterocycles. The number of carbonyl (C=O) groups excluding carboxylic acids is 2. The maximum absolute atomic E-state index is 13.3. The third-order valence-electron chi connectivity index (χ3n) is 9.43. The van der Waals surface area contributed by atoms with E-state index in [1.807, 2.05) is 0 Å². The normalized spacial score (nSPS) is 40.5. The van der Waals surface area contributed by atoms with Crippen molar-refractivity contribution in [2.45, 2.75) is 65.1 Å². The molecule has 8 heteroatoms. The Kier molecular flexibility index (Phi) is 5.96. The molecule has 0 aliphatic heterocycles. The molecule has 0 aromatic heterocycles. The Bertz CT molecular complexity index is 1060. The molecular formula is C25H32BNO6. The standard InChI is InChI=1S/C25H32BNO6/c1-5-14-10-16(33-17(29)11-27-19-18(26)21(31)22(19)32)24(4)12(2)6-8-25(13(3)20(14)30)9-7-15(28)23(24)25/h5,12-14,16,20,23,27,30H,1,6-11H2,2-4H3/t12-,13+,14?,16-,20+,23?,24+,25+/m1/s1. The highest BCUT2D eigenvalue weighted by molar-refractivity contribution is 6.36. The molecule has 2 radical (unpaired) electrons. The predicted molar refractivity (Wildman–Crippen MR) is 125 cm³/mol. The van der Waals surface area contributed by atoms with Gasteiger partial charge in [-0.15, -0.1) is 6.58 Å². The lowest BCUT2D eigenvalue weighted by atomic mass is 9.45. The zero-order chi connectivity index (χ0) is 24.3. The smallest absolute Gasteiger partial charge is 0.325 e. The van der Waals surface area contributed by atoms with Gasteiger partial charge in [0.25, 0.3) is 0 Å². The molecule has 0 amide bonds. The Morgan fingerprint density at radius 1 is 1.27 bits per heavy atom. The number of aliphatic hydroxyl groups excluding tert-OH is 1. The quantitative estimate of drug-likeness (QED) is 0.296. The summed E-state index contributed by atoms with van der Waals surface area (Å²) in [6, 6.07) is 0. The van der Waals surface area contributed by atoms with E-state index in [2.05, 4.69) is 32.7 Å². The van der Waals surface area contributed by atoms with Gasteiger partial charge in [0.1, 0.15) is 26.3 Å². The first-order valence-corrected chi connectivity index (χ1v) is 11.8. The van der Waals surface area contributed by atoms with Crippen molar-refractivity contribution in [2.75, 3.05) is 11.9 Å². The van der Waals surface area contributed by atoms with Crippen molar-refractivity contribution in [3.8, 4) is 0 Å². The highest BCUT2D eigenvalue weighted by Gasteiger charge is 2.67. The van der Waals surface area contributed by atoms with Gasteiger partial charge in [0.15, 0.2) is 0 Å². The SMILES string of the molecule is [B]c1c(NCC(=O)O[C@@H]2CC(C=C)[C@@H](O)[C@H](C)[C@]34CCC(=O)C3[C@@]2(C)[C@H](C)CC4)c(=O)c1=O. The molecule has 1 aromatic carbocycles. The van der Waals surface area contributed by atoms with Crippen molar-refractivity contribution < 1.29 is 19.4 Å². The molecule has 4 rings (SSSR count). The lowest BCUT2D eigenvalue weighted by molar-refractivity contribution is -0.197. The number of hydrogen-bond donors (Lipinski definition) is 2. The Morgan fingerprint density at radius 3 is 2.61 bits per heavy atom. The maximum atomic E-state index is 13.3. The fraction of sp³-hybridized carbons (Fsp3) is 0.680. The van der Waals surface area contributed by atoms with Gasteiger partial charge < -0.3 is 15.2 Å². The Morgan fingerprint density at radius 2 is 1.97 bits per heavy atom. The zero-order valence-electron chi connectivity index (χ0n) is 19.6. The number of ether oxygens (including phenoxy) is 1. The third kappa shape index (κ3) is 3.36. The average Bonchev–Trinajstić information content (AvgIpc) is 3.15. The molecule has 3 aliphatic carbocycles. The van der Waals surface area contributed by atoms with Gasteiger partial charge in [0.05, 0.1) is 11.8 Å². The van der Waals surface area contributed by atoms with Crippen LogP contribution in [0.2, 0.25) is 0 Å². The van der Waals surface area contributed by atoms with Gasteiger partial charge in [-0.05, 0) is 48.4 Å². The predicted octanol–water partition coefficient (Wildman–Crippen LogP) is 1.00. The van der Waals surface area contributed by atoms with Crippen molar-refractivity contribution in [2.24, 2.45) is 34.5 Å². The number of carbonyl (C=O) groups is 2. The molecule has 8 atom stereocenters.